The average molecular weight is 207 g/mol. The molecule has 0 aliphatic rings. The third-order valence-corrected chi connectivity index (χ3v) is 3.08. The summed E-state index contributed by atoms with van der Waals surface area (Å²) in [5.41, 5.74) is 0.522. The van der Waals surface area contributed by atoms with Crippen LogP contribution < -0.4 is 0 Å². The first kappa shape index (κ1) is 10.5. The van der Waals surface area contributed by atoms with Gasteiger partial charge in [-0.05, 0) is 24.2 Å². The maximum Gasteiger partial charge on any atom is 0.00315 e. The molecule has 0 rings (SSSR count). The van der Waals surface area contributed by atoms with Crippen molar-refractivity contribution in [2.45, 2.75) is 40.5 Å². The molecule has 1 heteroatoms. The molecular formula is C9H19Br. The molecule has 0 aliphatic heterocycles. The SMILES string of the molecule is CC(C)C(C)(C)CCCBr. The van der Waals surface area contributed by atoms with Crippen LogP contribution in [0.3, 0.4) is 0 Å². The summed E-state index contributed by atoms with van der Waals surface area (Å²) >= 11 is 3.45. The van der Waals surface area contributed by atoms with E-state index in [1.807, 2.05) is 0 Å². The van der Waals surface area contributed by atoms with Gasteiger partial charge in [-0.3, -0.25) is 0 Å². The van der Waals surface area contributed by atoms with Crippen molar-refractivity contribution in [2.75, 3.05) is 5.33 Å². The van der Waals surface area contributed by atoms with Crippen molar-refractivity contribution < 1.29 is 0 Å². The molecule has 0 unspecified atom stereocenters. The normalized spacial score (nSPS) is 12.6. The number of alkyl halides is 1. The van der Waals surface area contributed by atoms with Gasteiger partial charge < -0.3 is 0 Å². The van der Waals surface area contributed by atoms with Gasteiger partial charge in [0, 0.05) is 5.33 Å². The molecule has 0 spiro atoms. The van der Waals surface area contributed by atoms with E-state index in [1.165, 1.54) is 12.8 Å². The molecule has 0 fully saturated rings. The Balaban J connectivity index is 3.63. The van der Waals surface area contributed by atoms with Gasteiger partial charge in [-0.25, -0.2) is 0 Å². The van der Waals surface area contributed by atoms with Crippen molar-refractivity contribution in [3.63, 3.8) is 0 Å². The van der Waals surface area contributed by atoms with E-state index in [4.69, 9.17) is 0 Å². The average Bonchev–Trinajstić information content (AvgIpc) is 1.84. The molecule has 0 nitrogen and oxygen atoms in total. The smallest absolute Gasteiger partial charge is 0.00315 e. The number of halogens is 1. The van der Waals surface area contributed by atoms with Crippen LogP contribution >= 0.6 is 15.9 Å². The van der Waals surface area contributed by atoms with E-state index in [2.05, 4.69) is 43.6 Å². The molecule has 0 radical (unpaired) electrons. The Hall–Kier alpha value is 0.480. The minimum atomic E-state index is 0.522. The van der Waals surface area contributed by atoms with E-state index in [0.29, 0.717) is 5.41 Å². The van der Waals surface area contributed by atoms with Gasteiger partial charge in [-0.2, -0.15) is 0 Å². The molecule has 0 N–H and O–H groups in total. The highest BCUT2D eigenvalue weighted by Gasteiger charge is 2.20. The van der Waals surface area contributed by atoms with Crippen molar-refractivity contribution in [1.82, 2.24) is 0 Å². The molecule has 0 atom stereocenters. The van der Waals surface area contributed by atoms with Crippen LogP contribution in [0.5, 0.6) is 0 Å². The summed E-state index contributed by atoms with van der Waals surface area (Å²) in [4.78, 5) is 0. The Labute approximate surface area is 73.5 Å². The molecule has 0 bridgehead atoms. The third-order valence-electron chi connectivity index (χ3n) is 2.52. The van der Waals surface area contributed by atoms with Crippen molar-refractivity contribution in [3.05, 3.63) is 0 Å². The summed E-state index contributed by atoms with van der Waals surface area (Å²) in [6.45, 7) is 9.29. The van der Waals surface area contributed by atoms with Gasteiger partial charge >= 0.3 is 0 Å². The Bertz CT molecular complexity index is 84.7. The fourth-order valence-corrected chi connectivity index (χ4v) is 1.09. The van der Waals surface area contributed by atoms with Crippen molar-refractivity contribution in [2.24, 2.45) is 11.3 Å². The topological polar surface area (TPSA) is 0 Å². The van der Waals surface area contributed by atoms with Crippen LogP contribution in [-0.2, 0) is 0 Å². The van der Waals surface area contributed by atoms with Crippen LogP contribution in [0.4, 0.5) is 0 Å². The largest absolute Gasteiger partial charge is 0.0928 e. The van der Waals surface area contributed by atoms with Crippen LogP contribution in [-0.4, -0.2) is 5.33 Å². The summed E-state index contributed by atoms with van der Waals surface area (Å²) in [7, 11) is 0. The molecule has 0 heterocycles. The predicted molar refractivity (Wildman–Crippen MR) is 51.6 cm³/mol. The van der Waals surface area contributed by atoms with E-state index in [-0.39, 0.29) is 0 Å². The molecule has 0 saturated heterocycles. The number of rotatable bonds is 4. The minimum absolute atomic E-state index is 0.522. The van der Waals surface area contributed by atoms with Gasteiger partial charge in [0.2, 0.25) is 0 Å². The second-order valence-electron chi connectivity index (χ2n) is 3.94. The van der Waals surface area contributed by atoms with Crippen LogP contribution in [0.2, 0.25) is 0 Å². The minimum Gasteiger partial charge on any atom is -0.0928 e. The maximum absolute atomic E-state index is 3.45. The van der Waals surface area contributed by atoms with Gasteiger partial charge in [0.1, 0.15) is 0 Å². The Morgan fingerprint density at radius 1 is 1.30 bits per heavy atom. The lowest BCUT2D eigenvalue weighted by atomic mass is 9.78. The number of hydrogen-bond donors (Lipinski definition) is 0. The van der Waals surface area contributed by atoms with Crippen molar-refractivity contribution >= 4 is 15.9 Å². The van der Waals surface area contributed by atoms with E-state index < -0.39 is 0 Å². The Morgan fingerprint density at radius 3 is 2.10 bits per heavy atom. The van der Waals surface area contributed by atoms with E-state index in [1.54, 1.807) is 0 Å². The first-order valence-electron chi connectivity index (χ1n) is 4.06. The molecule has 0 aromatic carbocycles. The molecular weight excluding hydrogens is 188 g/mol. The second kappa shape index (κ2) is 4.38. The lowest BCUT2D eigenvalue weighted by molar-refractivity contribution is 0.228. The lowest BCUT2D eigenvalue weighted by Crippen LogP contribution is -2.18. The zero-order chi connectivity index (χ0) is 8.20. The first-order chi connectivity index (χ1) is 4.50. The quantitative estimate of drug-likeness (QED) is 0.614. The first-order valence-corrected chi connectivity index (χ1v) is 5.19. The van der Waals surface area contributed by atoms with Crippen LogP contribution in [0, 0.1) is 11.3 Å². The highest BCUT2D eigenvalue weighted by Crippen LogP contribution is 2.31. The zero-order valence-corrected chi connectivity index (χ0v) is 9.16. The maximum atomic E-state index is 3.45. The van der Waals surface area contributed by atoms with Gasteiger partial charge in [-0.1, -0.05) is 43.6 Å². The summed E-state index contributed by atoms with van der Waals surface area (Å²) in [5, 5.41) is 1.14. The lowest BCUT2D eigenvalue weighted by Gasteiger charge is -2.28. The van der Waals surface area contributed by atoms with Crippen molar-refractivity contribution in [3.8, 4) is 0 Å². The van der Waals surface area contributed by atoms with Crippen LogP contribution in [0.15, 0.2) is 0 Å². The molecule has 0 aromatic rings. The van der Waals surface area contributed by atoms with Gasteiger partial charge in [-0.15, -0.1) is 0 Å². The molecule has 10 heavy (non-hydrogen) atoms. The Kier molecular flexibility index (Phi) is 4.59. The zero-order valence-electron chi connectivity index (χ0n) is 7.58. The number of hydrogen-bond acceptors (Lipinski definition) is 0. The molecule has 62 valence electrons. The van der Waals surface area contributed by atoms with Crippen molar-refractivity contribution in [1.29, 1.82) is 0 Å². The molecule has 0 saturated carbocycles. The summed E-state index contributed by atoms with van der Waals surface area (Å²) in [6.07, 6.45) is 2.63. The van der Waals surface area contributed by atoms with Gasteiger partial charge in [0.15, 0.2) is 0 Å². The highest BCUT2D eigenvalue weighted by molar-refractivity contribution is 9.09. The van der Waals surface area contributed by atoms with Crippen LogP contribution in [0.1, 0.15) is 40.5 Å². The van der Waals surface area contributed by atoms with Crippen LogP contribution in [0.25, 0.3) is 0 Å². The fourth-order valence-electron chi connectivity index (χ4n) is 0.811. The van der Waals surface area contributed by atoms with Gasteiger partial charge in [0.05, 0.1) is 0 Å². The Morgan fingerprint density at radius 2 is 1.80 bits per heavy atom. The predicted octanol–water partition coefficient (Wildman–Crippen LogP) is 3.84. The standard InChI is InChI=1S/C9H19Br/c1-8(2)9(3,4)6-5-7-10/h8H,5-7H2,1-4H3. The summed E-state index contributed by atoms with van der Waals surface area (Å²) in [5.74, 6) is 0.798. The van der Waals surface area contributed by atoms with E-state index in [0.717, 1.165) is 11.2 Å². The molecule has 0 amide bonds. The molecule has 0 aliphatic carbocycles. The second-order valence-corrected chi connectivity index (χ2v) is 4.73. The fraction of sp³-hybridized carbons (Fsp3) is 1.00. The monoisotopic (exact) mass is 206 g/mol. The molecule has 0 aromatic heterocycles. The summed E-state index contributed by atoms with van der Waals surface area (Å²) in [6, 6.07) is 0. The highest BCUT2D eigenvalue weighted by atomic mass is 79.9. The van der Waals surface area contributed by atoms with Gasteiger partial charge in [0.25, 0.3) is 0 Å². The summed E-state index contributed by atoms with van der Waals surface area (Å²) < 4.78 is 0. The van der Waals surface area contributed by atoms with E-state index >= 15 is 0 Å². The third kappa shape index (κ3) is 3.60. The van der Waals surface area contributed by atoms with E-state index in [9.17, 15) is 0 Å².